The molecular weight excluding hydrogens is 535 g/mol. The summed E-state index contributed by atoms with van der Waals surface area (Å²) < 4.78 is 15.5. The van der Waals surface area contributed by atoms with Crippen LogP contribution in [0.5, 0.6) is 11.5 Å². The molecule has 0 saturated heterocycles. The number of methoxy groups -OCH3 is 3. The molecule has 3 amide bonds. The zero-order chi connectivity index (χ0) is 27.8. The molecule has 3 N–H and O–H groups in total. The van der Waals surface area contributed by atoms with Gasteiger partial charge in [-0.2, -0.15) is 0 Å². The quantitative estimate of drug-likeness (QED) is 0.289. The van der Waals surface area contributed by atoms with E-state index in [0.29, 0.717) is 12.3 Å². The fourth-order valence-corrected chi connectivity index (χ4v) is 3.75. The number of nitrogens with zero attached hydrogens (tertiary/aromatic N) is 3. The van der Waals surface area contributed by atoms with Crippen molar-refractivity contribution in [2.24, 2.45) is 0 Å². The minimum Gasteiger partial charge on any atom is -0.495 e. The second kappa shape index (κ2) is 13.0. The first kappa shape index (κ1) is 28.5. The lowest BCUT2D eigenvalue weighted by Gasteiger charge is -2.20. The summed E-state index contributed by atoms with van der Waals surface area (Å²) in [6.07, 6.45) is 1.23. The van der Waals surface area contributed by atoms with Crippen LogP contribution in [0.1, 0.15) is 5.56 Å². The molecule has 38 heavy (non-hydrogen) atoms. The lowest BCUT2D eigenvalue weighted by Crippen LogP contribution is -2.32. The molecule has 2 aromatic carbocycles. The van der Waals surface area contributed by atoms with Crippen LogP contribution in [0.4, 0.5) is 27.8 Å². The first-order valence-electron chi connectivity index (χ1n) is 11.0. The van der Waals surface area contributed by atoms with Crippen molar-refractivity contribution in [1.82, 2.24) is 9.97 Å². The molecule has 0 aliphatic heterocycles. The van der Waals surface area contributed by atoms with E-state index >= 15 is 0 Å². The number of hydrogen-bond donors (Lipinski definition) is 3. The molecule has 0 unspecified atom stereocenters. The Morgan fingerprint density at radius 1 is 0.947 bits per heavy atom. The SMILES string of the molecule is C=C(Nc1cc(N(C)C(=O)Nc2c(Cl)c(OC)cc(OC)c2Cl)ncn1)C(=O)Nc1ccc(COC)cc1. The minimum atomic E-state index is -0.609. The number of carbonyl (C=O) groups excluding carboxylic acids is 2. The molecule has 0 radical (unpaired) electrons. The lowest BCUT2D eigenvalue weighted by atomic mass is 10.2. The van der Waals surface area contributed by atoms with Gasteiger partial charge in [-0.25, -0.2) is 14.8 Å². The van der Waals surface area contributed by atoms with Crippen LogP contribution < -0.4 is 30.3 Å². The number of urea groups is 1. The lowest BCUT2D eigenvalue weighted by molar-refractivity contribution is -0.112. The third kappa shape index (κ3) is 6.82. The van der Waals surface area contributed by atoms with E-state index in [9.17, 15) is 9.59 Å². The Bertz CT molecular complexity index is 1310. The predicted molar refractivity (Wildman–Crippen MR) is 148 cm³/mol. The van der Waals surface area contributed by atoms with Crippen molar-refractivity contribution in [2.75, 3.05) is 49.2 Å². The van der Waals surface area contributed by atoms with E-state index in [1.54, 1.807) is 19.2 Å². The molecule has 0 aliphatic carbocycles. The van der Waals surface area contributed by atoms with E-state index in [1.165, 1.54) is 44.6 Å². The van der Waals surface area contributed by atoms with Crippen molar-refractivity contribution in [3.05, 3.63) is 70.6 Å². The van der Waals surface area contributed by atoms with Gasteiger partial charge in [-0.05, 0) is 17.7 Å². The Kier molecular flexibility index (Phi) is 9.72. The van der Waals surface area contributed by atoms with E-state index < -0.39 is 11.9 Å². The number of nitrogens with one attached hydrogen (secondary N) is 3. The second-order valence-corrected chi connectivity index (χ2v) is 8.48. The number of rotatable bonds is 10. The fourth-order valence-electron chi connectivity index (χ4n) is 3.16. The van der Waals surface area contributed by atoms with Crippen LogP contribution >= 0.6 is 23.2 Å². The van der Waals surface area contributed by atoms with Gasteiger partial charge in [0.1, 0.15) is 39.5 Å². The third-order valence-electron chi connectivity index (χ3n) is 5.18. The van der Waals surface area contributed by atoms with Gasteiger partial charge in [0.25, 0.3) is 5.91 Å². The van der Waals surface area contributed by atoms with Gasteiger partial charge in [-0.1, -0.05) is 41.9 Å². The first-order valence-corrected chi connectivity index (χ1v) is 11.8. The van der Waals surface area contributed by atoms with E-state index in [1.807, 2.05) is 12.1 Å². The summed E-state index contributed by atoms with van der Waals surface area (Å²) in [4.78, 5) is 34.9. The summed E-state index contributed by atoms with van der Waals surface area (Å²) in [5, 5.41) is 8.39. The van der Waals surface area contributed by atoms with Crippen molar-refractivity contribution in [3.8, 4) is 11.5 Å². The molecule has 13 heteroatoms. The van der Waals surface area contributed by atoms with Gasteiger partial charge < -0.3 is 30.2 Å². The molecule has 0 atom stereocenters. The summed E-state index contributed by atoms with van der Waals surface area (Å²) in [6.45, 7) is 4.23. The number of aromatic nitrogens is 2. The van der Waals surface area contributed by atoms with E-state index in [4.69, 9.17) is 37.4 Å². The second-order valence-electron chi connectivity index (χ2n) is 7.72. The van der Waals surface area contributed by atoms with Crippen LogP contribution in [0, 0.1) is 0 Å². The van der Waals surface area contributed by atoms with Gasteiger partial charge in [0.05, 0.1) is 32.2 Å². The number of carbonyl (C=O) groups is 2. The summed E-state index contributed by atoms with van der Waals surface area (Å²) in [5.41, 5.74) is 1.70. The first-order chi connectivity index (χ1) is 18.2. The van der Waals surface area contributed by atoms with Gasteiger partial charge in [0.2, 0.25) is 0 Å². The number of benzene rings is 2. The van der Waals surface area contributed by atoms with Crippen LogP contribution in [0.25, 0.3) is 0 Å². The van der Waals surface area contributed by atoms with Crippen LogP contribution in [0.2, 0.25) is 10.0 Å². The smallest absolute Gasteiger partial charge is 0.327 e. The van der Waals surface area contributed by atoms with Crippen molar-refractivity contribution in [1.29, 1.82) is 0 Å². The number of ether oxygens (including phenoxy) is 3. The molecule has 3 rings (SSSR count). The fraction of sp³-hybridized carbons (Fsp3) is 0.200. The Morgan fingerprint density at radius 3 is 2.16 bits per heavy atom. The molecule has 200 valence electrons. The highest BCUT2D eigenvalue weighted by Crippen LogP contribution is 2.44. The van der Waals surface area contributed by atoms with Crippen molar-refractivity contribution < 1.29 is 23.8 Å². The molecule has 0 aliphatic rings. The topological polar surface area (TPSA) is 127 Å². The van der Waals surface area contributed by atoms with E-state index in [2.05, 4.69) is 32.5 Å². The van der Waals surface area contributed by atoms with Crippen LogP contribution in [0.15, 0.2) is 55.0 Å². The number of amides is 3. The molecule has 11 nitrogen and oxygen atoms in total. The Labute approximate surface area is 229 Å². The maximum Gasteiger partial charge on any atom is 0.327 e. The zero-order valence-electron chi connectivity index (χ0n) is 21.1. The average Bonchev–Trinajstić information content (AvgIpc) is 2.92. The summed E-state index contributed by atoms with van der Waals surface area (Å²) in [7, 11) is 5.94. The van der Waals surface area contributed by atoms with Crippen LogP contribution in [-0.2, 0) is 16.1 Å². The Hall–Kier alpha value is -4.06. The van der Waals surface area contributed by atoms with Gasteiger partial charge >= 0.3 is 6.03 Å². The van der Waals surface area contributed by atoms with Gasteiger partial charge in [0, 0.05) is 32.0 Å². The molecule has 0 saturated carbocycles. The summed E-state index contributed by atoms with van der Waals surface area (Å²) in [6, 6.07) is 9.56. The van der Waals surface area contributed by atoms with Gasteiger partial charge in [0.15, 0.2) is 0 Å². The Balaban J connectivity index is 1.69. The molecule has 0 spiro atoms. The van der Waals surface area contributed by atoms with Crippen LogP contribution in [-0.4, -0.2) is 50.3 Å². The molecular formula is C25H26Cl2N6O5. The molecule has 0 fully saturated rings. The predicted octanol–water partition coefficient (Wildman–Crippen LogP) is 5.18. The highest BCUT2D eigenvalue weighted by Gasteiger charge is 2.22. The number of halogens is 2. The van der Waals surface area contributed by atoms with Gasteiger partial charge in [-0.15, -0.1) is 0 Å². The molecule has 1 heterocycles. The normalized spacial score (nSPS) is 10.4. The van der Waals surface area contributed by atoms with Gasteiger partial charge in [-0.3, -0.25) is 9.69 Å². The third-order valence-corrected chi connectivity index (χ3v) is 5.93. The standard InChI is InChI=1S/C25H26Cl2N6O5/c1-14(24(34)31-16-8-6-15(7-9-16)12-36-3)30-19-11-20(29-13-28-19)33(2)25(35)32-23-21(26)17(37-4)10-18(38-5)22(23)27/h6-11,13H,1,12H2,2-5H3,(H,31,34)(H,32,35)(H,28,29,30). The maximum absolute atomic E-state index is 13.0. The van der Waals surface area contributed by atoms with Crippen molar-refractivity contribution in [2.45, 2.75) is 6.61 Å². The highest BCUT2D eigenvalue weighted by molar-refractivity contribution is 6.41. The number of hydrogen-bond acceptors (Lipinski definition) is 8. The largest absolute Gasteiger partial charge is 0.495 e. The highest BCUT2D eigenvalue weighted by atomic mass is 35.5. The van der Waals surface area contributed by atoms with Crippen molar-refractivity contribution in [3.63, 3.8) is 0 Å². The van der Waals surface area contributed by atoms with Crippen molar-refractivity contribution >= 4 is 58.2 Å². The summed E-state index contributed by atoms with van der Waals surface area (Å²) >= 11 is 12.7. The molecule has 0 bridgehead atoms. The average molecular weight is 561 g/mol. The zero-order valence-corrected chi connectivity index (χ0v) is 22.6. The summed E-state index contributed by atoms with van der Waals surface area (Å²) in [5.74, 6) is 0.518. The van der Waals surface area contributed by atoms with E-state index in [-0.39, 0.29) is 44.6 Å². The number of anilines is 4. The monoisotopic (exact) mass is 560 g/mol. The maximum atomic E-state index is 13.0. The molecule has 3 aromatic rings. The molecule has 1 aromatic heterocycles. The van der Waals surface area contributed by atoms with E-state index in [0.717, 1.165) is 5.56 Å². The Morgan fingerprint density at radius 2 is 1.58 bits per heavy atom. The minimum absolute atomic E-state index is 0.0322. The van der Waals surface area contributed by atoms with Crippen LogP contribution in [0.3, 0.4) is 0 Å².